The third-order valence-corrected chi connectivity index (χ3v) is 5.01. The van der Waals surface area contributed by atoms with Gasteiger partial charge in [0.1, 0.15) is 11.5 Å². The number of hydrogen-bond acceptors (Lipinski definition) is 4. The fraction of sp³-hybridized carbons (Fsp3) is 0.250. The molecule has 0 atom stereocenters. The first kappa shape index (κ1) is 17.6. The van der Waals surface area contributed by atoms with Crippen LogP contribution in [-0.4, -0.2) is 22.1 Å². The van der Waals surface area contributed by atoms with Gasteiger partial charge in [-0.3, -0.25) is 4.72 Å². The van der Waals surface area contributed by atoms with Crippen molar-refractivity contribution < 1.29 is 17.9 Å². The third kappa shape index (κ3) is 4.39. The van der Waals surface area contributed by atoms with Crippen LogP contribution in [0.15, 0.2) is 51.8 Å². The van der Waals surface area contributed by atoms with Crippen LogP contribution in [0.3, 0.4) is 0 Å². The summed E-state index contributed by atoms with van der Waals surface area (Å²) in [4.78, 5) is 0.135. The first-order valence-electron chi connectivity index (χ1n) is 7.06. The van der Waals surface area contributed by atoms with Crippen molar-refractivity contribution in [2.45, 2.75) is 18.2 Å². The highest BCUT2D eigenvalue weighted by molar-refractivity contribution is 9.10. The van der Waals surface area contributed by atoms with Crippen LogP contribution in [0, 0.1) is 0 Å². The number of sulfonamides is 1. The molecule has 1 N–H and O–H groups in total. The summed E-state index contributed by atoms with van der Waals surface area (Å²) in [5, 5.41) is 0. The summed E-state index contributed by atoms with van der Waals surface area (Å²) < 4.78 is 38.9. The molecule has 0 spiro atoms. The van der Waals surface area contributed by atoms with E-state index in [0.29, 0.717) is 28.3 Å². The number of anilines is 1. The molecule has 2 aromatic rings. The van der Waals surface area contributed by atoms with Gasteiger partial charge in [0, 0.05) is 0 Å². The standard InChI is InChI=1S/C16H18BrNO4S/c1-3-10-22-16-7-5-4-6-14(16)18-23(19,20)12-8-9-15(21-2)13(17)11-12/h4-9,11,18H,3,10H2,1-2H3. The van der Waals surface area contributed by atoms with Crippen LogP contribution < -0.4 is 14.2 Å². The lowest BCUT2D eigenvalue weighted by Crippen LogP contribution is -2.14. The van der Waals surface area contributed by atoms with Gasteiger partial charge in [-0.2, -0.15) is 0 Å². The monoisotopic (exact) mass is 399 g/mol. The third-order valence-electron chi connectivity index (χ3n) is 3.03. The van der Waals surface area contributed by atoms with Gasteiger partial charge in [-0.15, -0.1) is 0 Å². The molecule has 0 aromatic heterocycles. The van der Waals surface area contributed by atoms with Crippen molar-refractivity contribution in [2.24, 2.45) is 0 Å². The van der Waals surface area contributed by atoms with Gasteiger partial charge in [0.2, 0.25) is 0 Å². The van der Waals surface area contributed by atoms with Gasteiger partial charge in [-0.25, -0.2) is 8.42 Å². The average molecular weight is 400 g/mol. The number of benzene rings is 2. The highest BCUT2D eigenvalue weighted by Crippen LogP contribution is 2.30. The number of hydrogen-bond donors (Lipinski definition) is 1. The Balaban J connectivity index is 2.30. The number of methoxy groups -OCH3 is 1. The summed E-state index contributed by atoms with van der Waals surface area (Å²) in [5.41, 5.74) is 0.410. The predicted molar refractivity (Wildman–Crippen MR) is 93.7 cm³/mol. The normalized spacial score (nSPS) is 11.1. The first-order valence-corrected chi connectivity index (χ1v) is 9.33. The zero-order valence-electron chi connectivity index (χ0n) is 12.9. The fourth-order valence-electron chi connectivity index (χ4n) is 1.91. The van der Waals surface area contributed by atoms with E-state index in [-0.39, 0.29) is 4.90 Å². The Labute approximate surface area is 144 Å². The summed E-state index contributed by atoms with van der Waals surface area (Å²) in [6, 6.07) is 11.5. The molecule has 2 rings (SSSR count). The second-order valence-electron chi connectivity index (χ2n) is 4.75. The summed E-state index contributed by atoms with van der Waals surface area (Å²) in [7, 11) is -2.20. The highest BCUT2D eigenvalue weighted by atomic mass is 79.9. The summed E-state index contributed by atoms with van der Waals surface area (Å²) in [6.07, 6.45) is 0.840. The lowest BCUT2D eigenvalue weighted by atomic mass is 10.3. The molecule has 124 valence electrons. The van der Waals surface area contributed by atoms with Crippen LogP contribution in [0.25, 0.3) is 0 Å². The van der Waals surface area contributed by atoms with E-state index in [1.807, 2.05) is 6.92 Å². The lowest BCUT2D eigenvalue weighted by Gasteiger charge is -2.14. The Morgan fingerprint density at radius 3 is 2.52 bits per heavy atom. The molecule has 0 amide bonds. The van der Waals surface area contributed by atoms with E-state index in [1.165, 1.54) is 19.2 Å². The minimum absolute atomic E-state index is 0.135. The van der Waals surface area contributed by atoms with Crippen molar-refractivity contribution in [2.75, 3.05) is 18.4 Å². The number of nitrogens with one attached hydrogen (secondary N) is 1. The lowest BCUT2D eigenvalue weighted by molar-refractivity contribution is 0.319. The molecule has 0 saturated heterocycles. The largest absolute Gasteiger partial charge is 0.496 e. The van der Waals surface area contributed by atoms with Gasteiger partial charge in [0.05, 0.1) is 28.8 Å². The maximum absolute atomic E-state index is 12.6. The maximum Gasteiger partial charge on any atom is 0.262 e. The molecule has 23 heavy (non-hydrogen) atoms. The summed E-state index contributed by atoms with van der Waals surface area (Å²) in [5.74, 6) is 1.07. The molecule has 0 aliphatic carbocycles. The first-order chi connectivity index (χ1) is 11.0. The SMILES string of the molecule is CCCOc1ccccc1NS(=O)(=O)c1ccc(OC)c(Br)c1. The molecule has 2 aromatic carbocycles. The van der Waals surface area contributed by atoms with Crippen molar-refractivity contribution >= 4 is 31.6 Å². The molecule has 5 nitrogen and oxygen atoms in total. The number of rotatable bonds is 7. The van der Waals surface area contributed by atoms with Crippen LogP contribution in [0.4, 0.5) is 5.69 Å². The van der Waals surface area contributed by atoms with Crippen molar-refractivity contribution in [3.63, 3.8) is 0 Å². The zero-order chi connectivity index (χ0) is 16.9. The quantitative estimate of drug-likeness (QED) is 0.762. The van der Waals surface area contributed by atoms with Crippen LogP contribution in [0.2, 0.25) is 0 Å². The molecule has 0 unspecified atom stereocenters. The van der Waals surface area contributed by atoms with Crippen molar-refractivity contribution in [3.8, 4) is 11.5 Å². The Morgan fingerprint density at radius 2 is 1.87 bits per heavy atom. The molecule has 0 aliphatic rings. The molecule has 0 aliphatic heterocycles. The van der Waals surface area contributed by atoms with Gasteiger partial charge >= 0.3 is 0 Å². The molecule has 0 bridgehead atoms. The Hall–Kier alpha value is -1.73. The van der Waals surface area contributed by atoms with Gasteiger partial charge in [0.25, 0.3) is 10.0 Å². The van der Waals surface area contributed by atoms with E-state index in [4.69, 9.17) is 9.47 Å². The maximum atomic E-state index is 12.6. The minimum atomic E-state index is -3.72. The zero-order valence-corrected chi connectivity index (χ0v) is 15.3. The van der Waals surface area contributed by atoms with Crippen LogP contribution >= 0.6 is 15.9 Å². The van der Waals surface area contributed by atoms with Crippen LogP contribution in [-0.2, 0) is 10.0 Å². The Bertz CT molecular complexity index is 777. The second-order valence-corrected chi connectivity index (χ2v) is 7.28. The van der Waals surface area contributed by atoms with Crippen molar-refractivity contribution in [1.29, 1.82) is 0 Å². The van der Waals surface area contributed by atoms with E-state index in [9.17, 15) is 8.42 Å². The fourth-order valence-corrected chi connectivity index (χ4v) is 3.70. The van der Waals surface area contributed by atoms with Gasteiger partial charge in [0.15, 0.2) is 0 Å². The number of para-hydroxylation sites is 2. The smallest absolute Gasteiger partial charge is 0.262 e. The molecule has 7 heteroatoms. The van der Waals surface area contributed by atoms with Crippen LogP contribution in [0.5, 0.6) is 11.5 Å². The molecule has 0 radical (unpaired) electrons. The van der Waals surface area contributed by atoms with E-state index >= 15 is 0 Å². The van der Waals surface area contributed by atoms with E-state index in [0.717, 1.165) is 6.42 Å². The van der Waals surface area contributed by atoms with E-state index in [1.54, 1.807) is 30.3 Å². The Kier molecular flexibility index (Phi) is 5.90. The topological polar surface area (TPSA) is 64.6 Å². The molecular formula is C16H18BrNO4S. The molecule has 0 fully saturated rings. The van der Waals surface area contributed by atoms with Gasteiger partial charge in [-0.1, -0.05) is 19.1 Å². The summed E-state index contributed by atoms with van der Waals surface area (Å²) >= 11 is 3.29. The van der Waals surface area contributed by atoms with Crippen molar-refractivity contribution in [1.82, 2.24) is 0 Å². The minimum Gasteiger partial charge on any atom is -0.496 e. The second kappa shape index (κ2) is 7.70. The molecule has 0 heterocycles. The predicted octanol–water partition coefficient (Wildman–Crippen LogP) is 4.05. The van der Waals surface area contributed by atoms with Gasteiger partial charge < -0.3 is 9.47 Å². The average Bonchev–Trinajstić information content (AvgIpc) is 2.53. The highest BCUT2D eigenvalue weighted by Gasteiger charge is 2.18. The van der Waals surface area contributed by atoms with Crippen LogP contribution in [0.1, 0.15) is 13.3 Å². The molecular weight excluding hydrogens is 382 g/mol. The van der Waals surface area contributed by atoms with E-state index in [2.05, 4.69) is 20.7 Å². The number of ether oxygens (including phenoxy) is 2. The Morgan fingerprint density at radius 1 is 1.13 bits per heavy atom. The number of halogens is 1. The van der Waals surface area contributed by atoms with Gasteiger partial charge in [-0.05, 0) is 52.7 Å². The molecule has 0 saturated carbocycles. The van der Waals surface area contributed by atoms with E-state index < -0.39 is 10.0 Å². The van der Waals surface area contributed by atoms with Crippen molar-refractivity contribution in [3.05, 3.63) is 46.9 Å². The summed E-state index contributed by atoms with van der Waals surface area (Å²) in [6.45, 7) is 2.51.